The quantitative estimate of drug-likeness (QED) is 0.881. The Kier molecular flexibility index (Phi) is 5.15. The molecule has 110 valence electrons. The Balaban J connectivity index is 1.79. The molecule has 4 nitrogen and oxygen atoms in total. The summed E-state index contributed by atoms with van der Waals surface area (Å²) in [5.41, 5.74) is 6.99. The third-order valence-electron chi connectivity index (χ3n) is 3.92. The highest BCUT2D eigenvalue weighted by atomic mass is 16.2. The summed E-state index contributed by atoms with van der Waals surface area (Å²) in [5, 5.41) is 0. The van der Waals surface area contributed by atoms with Crippen LogP contribution in [0.3, 0.4) is 0 Å². The second kappa shape index (κ2) is 6.86. The Hall–Kier alpha value is -1.39. The summed E-state index contributed by atoms with van der Waals surface area (Å²) < 4.78 is 0. The van der Waals surface area contributed by atoms with Gasteiger partial charge in [-0.05, 0) is 31.4 Å². The lowest BCUT2D eigenvalue weighted by atomic mass is 10.1. The van der Waals surface area contributed by atoms with Crippen LogP contribution in [0.25, 0.3) is 0 Å². The Morgan fingerprint density at radius 1 is 1.45 bits per heavy atom. The lowest BCUT2D eigenvalue weighted by Gasteiger charge is -2.23. The van der Waals surface area contributed by atoms with Gasteiger partial charge in [-0.25, -0.2) is 0 Å². The predicted molar refractivity (Wildman–Crippen MR) is 81.1 cm³/mol. The number of nitrogens with zero attached hydrogens (tertiary/aromatic N) is 2. The highest BCUT2D eigenvalue weighted by Gasteiger charge is 2.25. The molecule has 0 aliphatic carbocycles. The zero-order chi connectivity index (χ0) is 14.5. The monoisotopic (exact) mass is 275 g/mol. The summed E-state index contributed by atoms with van der Waals surface area (Å²) in [7, 11) is 1.85. The fourth-order valence-electron chi connectivity index (χ4n) is 2.87. The normalized spacial score (nSPS) is 20.9. The molecule has 4 heteroatoms. The molecule has 0 aromatic heterocycles. The van der Waals surface area contributed by atoms with Crippen molar-refractivity contribution < 1.29 is 4.79 Å². The molecular formula is C16H25N3O. The van der Waals surface area contributed by atoms with Crippen molar-refractivity contribution in [3.8, 4) is 0 Å². The van der Waals surface area contributed by atoms with E-state index in [4.69, 9.17) is 5.73 Å². The molecule has 0 bridgehead atoms. The highest BCUT2D eigenvalue weighted by molar-refractivity contribution is 5.80. The van der Waals surface area contributed by atoms with Crippen molar-refractivity contribution in [2.75, 3.05) is 26.7 Å². The minimum atomic E-state index is -0.401. The summed E-state index contributed by atoms with van der Waals surface area (Å²) in [5.74, 6) is 0.595. The van der Waals surface area contributed by atoms with E-state index >= 15 is 0 Å². The van der Waals surface area contributed by atoms with Crippen molar-refractivity contribution in [1.82, 2.24) is 9.80 Å². The molecule has 2 rings (SSSR count). The van der Waals surface area contributed by atoms with Crippen LogP contribution in [0.4, 0.5) is 0 Å². The van der Waals surface area contributed by atoms with Gasteiger partial charge in [0.2, 0.25) is 5.91 Å². The number of likely N-dealkylation sites (N-methyl/N-ethyl adjacent to an activating group) is 1. The van der Waals surface area contributed by atoms with Gasteiger partial charge in [-0.1, -0.05) is 30.3 Å². The van der Waals surface area contributed by atoms with Crippen LogP contribution in [0.1, 0.15) is 18.9 Å². The second-order valence-electron chi connectivity index (χ2n) is 5.88. The maximum Gasteiger partial charge on any atom is 0.238 e. The average molecular weight is 275 g/mol. The number of nitrogens with two attached hydrogens (primary N) is 1. The number of carbonyl (C=O) groups excluding carboxylic acids is 1. The van der Waals surface area contributed by atoms with Crippen LogP contribution in [-0.2, 0) is 11.3 Å². The molecule has 1 heterocycles. The second-order valence-corrected chi connectivity index (χ2v) is 5.88. The van der Waals surface area contributed by atoms with E-state index in [-0.39, 0.29) is 5.91 Å². The van der Waals surface area contributed by atoms with Crippen molar-refractivity contribution >= 4 is 5.91 Å². The van der Waals surface area contributed by atoms with Gasteiger partial charge < -0.3 is 10.6 Å². The number of carbonyl (C=O) groups is 1. The minimum Gasteiger partial charge on any atom is -0.344 e. The maximum atomic E-state index is 11.8. The van der Waals surface area contributed by atoms with E-state index in [0.29, 0.717) is 5.92 Å². The fourth-order valence-corrected chi connectivity index (χ4v) is 2.87. The largest absolute Gasteiger partial charge is 0.344 e. The zero-order valence-corrected chi connectivity index (χ0v) is 12.5. The van der Waals surface area contributed by atoms with E-state index in [1.807, 2.05) is 13.1 Å². The molecule has 2 atom stereocenters. The van der Waals surface area contributed by atoms with E-state index in [1.165, 1.54) is 5.56 Å². The van der Waals surface area contributed by atoms with E-state index in [2.05, 4.69) is 29.2 Å². The third kappa shape index (κ3) is 4.05. The van der Waals surface area contributed by atoms with E-state index in [0.717, 1.165) is 32.6 Å². The molecule has 1 aromatic rings. The first-order chi connectivity index (χ1) is 9.56. The molecule has 2 N–H and O–H groups in total. The maximum absolute atomic E-state index is 11.8. The summed E-state index contributed by atoms with van der Waals surface area (Å²) in [6.07, 6.45) is 1.16. The minimum absolute atomic E-state index is 0.0338. The highest BCUT2D eigenvalue weighted by Crippen LogP contribution is 2.19. The van der Waals surface area contributed by atoms with Crippen LogP contribution in [0.5, 0.6) is 0 Å². The number of hydrogen-bond donors (Lipinski definition) is 1. The topological polar surface area (TPSA) is 49.6 Å². The number of likely N-dealkylation sites (tertiary alicyclic amines) is 1. The van der Waals surface area contributed by atoms with Crippen molar-refractivity contribution in [2.45, 2.75) is 25.9 Å². The van der Waals surface area contributed by atoms with Gasteiger partial charge in [-0.15, -0.1) is 0 Å². The van der Waals surface area contributed by atoms with Gasteiger partial charge in [0.1, 0.15) is 0 Å². The average Bonchev–Trinajstić information content (AvgIpc) is 2.86. The molecule has 1 aromatic carbocycles. The van der Waals surface area contributed by atoms with E-state index in [1.54, 1.807) is 11.8 Å². The third-order valence-corrected chi connectivity index (χ3v) is 3.92. The zero-order valence-electron chi connectivity index (χ0n) is 12.5. The van der Waals surface area contributed by atoms with Crippen LogP contribution < -0.4 is 5.73 Å². The molecule has 0 unspecified atom stereocenters. The predicted octanol–water partition coefficient (Wildman–Crippen LogP) is 1.31. The Morgan fingerprint density at radius 3 is 2.80 bits per heavy atom. The Bertz CT molecular complexity index is 433. The van der Waals surface area contributed by atoms with Gasteiger partial charge in [-0.2, -0.15) is 0 Å². The molecule has 1 fully saturated rings. The first kappa shape index (κ1) is 15.0. The number of benzene rings is 1. The number of rotatable bonds is 5. The summed E-state index contributed by atoms with van der Waals surface area (Å²) >= 11 is 0. The van der Waals surface area contributed by atoms with Crippen LogP contribution in [0.2, 0.25) is 0 Å². The van der Waals surface area contributed by atoms with Crippen LogP contribution >= 0.6 is 0 Å². The van der Waals surface area contributed by atoms with E-state index in [9.17, 15) is 4.79 Å². The lowest BCUT2D eigenvalue weighted by Crippen LogP contribution is -2.42. The molecule has 0 spiro atoms. The van der Waals surface area contributed by atoms with Crippen LogP contribution in [-0.4, -0.2) is 48.4 Å². The lowest BCUT2D eigenvalue weighted by molar-refractivity contribution is -0.131. The smallest absolute Gasteiger partial charge is 0.238 e. The summed E-state index contributed by atoms with van der Waals surface area (Å²) in [4.78, 5) is 16.0. The number of amides is 1. The first-order valence-electron chi connectivity index (χ1n) is 7.33. The van der Waals surface area contributed by atoms with Gasteiger partial charge in [-0.3, -0.25) is 9.69 Å². The Labute approximate surface area is 121 Å². The molecule has 0 saturated carbocycles. The van der Waals surface area contributed by atoms with Crippen molar-refractivity contribution in [3.05, 3.63) is 35.9 Å². The van der Waals surface area contributed by atoms with Crippen LogP contribution in [0, 0.1) is 5.92 Å². The molecule has 1 aliphatic rings. The van der Waals surface area contributed by atoms with Gasteiger partial charge in [0, 0.05) is 26.7 Å². The van der Waals surface area contributed by atoms with Crippen molar-refractivity contribution in [3.63, 3.8) is 0 Å². The van der Waals surface area contributed by atoms with Crippen LogP contribution in [0.15, 0.2) is 30.3 Å². The van der Waals surface area contributed by atoms with Gasteiger partial charge in [0.25, 0.3) is 0 Å². The molecule has 1 amide bonds. The number of hydrogen-bond acceptors (Lipinski definition) is 3. The standard InChI is InChI=1S/C16H25N3O/c1-13(17)16(20)18(2)10-15-8-9-19(12-15)11-14-6-4-3-5-7-14/h3-7,13,15H,8-12,17H2,1-2H3/t13-,15+/m0/s1. The summed E-state index contributed by atoms with van der Waals surface area (Å²) in [6, 6.07) is 10.1. The van der Waals surface area contributed by atoms with E-state index < -0.39 is 6.04 Å². The van der Waals surface area contributed by atoms with Gasteiger partial charge in [0.15, 0.2) is 0 Å². The van der Waals surface area contributed by atoms with Gasteiger partial charge in [0.05, 0.1) is 6.04 Å². The van der Waals surface area contributed by atoms with Gasteiger partial charge >= 0.3 is 0 Å². The van der Waals surface area contributed by atoms with Crippen molar-refractivity contribution in [2.24, 2.45) is 11.7 Å². The summed E-state index contributed by atoms with van der Waals surface area (Å²) in [6.45, 7) is 5.73. The molecular weight excluding hydrogens is 250 g/mol. The molecule has 20 heavy (non-hydrogen) atoms. The fraction of sp³-hybridized carbons (Fsp3) is 0.562. The molecule has 1 saturated heterocycles. The molecule has 1 aliphatic heterocycles. The first-order valence-corrected chi connectivity index (χ1v) is 7.33. The Morgan fingerprint density at radius 2 is 2.15 bits per heavy atom. The SMILES string of the molecule is C[C@H](N)C(=O)N(C)C[C@H]1CCN(Cc2ccccc2)C1. The van der Waals surface area contributed by atoms with Crippen molar-refractivity contribution in [1.29, 1.82) is 0 Å². The molecule has 0 radical (unpaired) electrons.